The van der Waals surface area contributed by atoms with Crippen molar-refractivity contribution in [3.8, 4) is 5.75 Å². The molecule has 0 saturated heterocycles. The molecule has 100 valence electrons. The molecule has 0 heterocycles. The van der Waals surface area contributed by atoms with E-state index in [1.165, 1.54) is 25.3 Å². The Hall–Kier alpha value is -1.66. The van der Waals surface area contributed by atoms with E-state index >= 15 is 0 Å². The van der Waals surface area contributed by atoms with E-state index in [9.17, 15) is 19.4 Å². The third-order valence-corrected chi connectivity index (χ3v) is 2.36. The first kappa shape index (κ1) is 14.4. The van der Waals surface area contributed by atoms with Crippen LogP contribution in [-0.4, -0.2) is 36.0 Å². The van der Waals surface area contributed by atoms with Crippen LogP contribution < -0.4 is 4.74 Å². The highest BCUT2D eigenvalue weighted by Crippen LogP contribution is 2.27. The molecule has 0 aliphatic carbocycles. The lowest BCUT2D eigenvalue weighted by Gasteiger charge is -2.18. The summed E-state index contributed by atoms with van der Waals surface area (Å²) in [5, 5.41) is 19.3. The van der Waals surface area contributed by atoms with Gasteiger partial charge in [-0.2, -0.15) is 0 Å². The lowest BCUT2D eigenvalue weighted by atomic mass is 10.0. The zero-order valence-corrected chi connectivity index (χ0v) is 10.1. The Balaban J connectivity index is 2.96. The number of methoxy groups -OCH3 is 1. The van der Waals surface area contributed by atoms with E-state index in [0.29, 0.717) is 0 Å². The fraction of sp³-hybridized carbons (Fsp3) is 0.417. The molecule has 0 spiro atoms. The molecule has 1 rings (SSSR count). The molecule has 0 aliphatic rings. The SMILES string of the molecule is CCOC(=O)C(O)C(O)c1cccc(OC)c1F. The van der Waals surface area contributed by atoms with Crippen LogP contribution in [0.5, 0.6) is 5.75 Å². The molecule has 2 unspecified atom stereocenters. The highest BCUT2D eigenvalue weighted by atomic mass is 19.1. The monoisotopic (exact) mass is 258 g/mol. The first-order valence-electron chi connectivity index (χ1n) is 5.38. The van der Waals surface area contributed by atoms with E-state index in [-0.39, 0.29) is 17.9 Å². The Morgan fingerprint density at radius 1 is 1.44 bits per heavy atom. The number of hydrogen-bond donors (Lipinski definition) is 2. The number of rotatable bonds is 5. The van der Waals surface area contributed by atoms with Crippen LogP contribution in [0.15, 0.2) is 18.2 Å². The predicted molar refractivity (Wildman–Crippen MR) is 60.6 cm³/mol. The van der Waals surface area contributed by atoms with Crippen LogP contribution in [0.25, 0.3) is 0 Å². The number of hydrogen-bond acceptors (Lipinski definition) is 5. The molecule has 1 aromatic rings. The summed E-state index contributed by atoms with van der Waals surface area (Å²) in [5.41, 5.74) is -0.227. The molecule has 0 saturated carbocycles. The molecule has 0 amide bonds. The second-order valence-corrected chi connectivity index (χ2v) is 3.51. The average Bonchev–Trinajstić information content (AvgIpc) is 2.37. The Labute approximate surface area is 104 Å². The fourth-order valence-corrected chi connectivity index (χ4v) is 1.44. The summed E-state index contributed by atoms with van der Waals surface area (Å²) >= 11 is 0. The molecular weight excluding hydrogens is 243 g/mol. The minimum Gasteiger partial charge on any atom is -0.494 e. The lowest BCUT2D eigenvalue weighted by Crippen LogP contribution is -2.30. The summed E-state index contributed by atoms with van der Waals surface area (Å²) in [6.45, 7) is 1.62. The Kier molecular flexibility index (Phi) is 5.06. The van der Waals surface area contributed by atoms with Crippen molar-refractivity contribution in [3.63, 3.8) is 0 Å². The van der Waals surface area contributed by atoms with E-state index in [1.807, 2.05) is 0 Å². The number of halogens is 1. The van der Waals surface area contributed by atoms with Crippen LogP contribution in [0.4, 0.5) is 4.39 Å². The standard InChI is InChI=1S/C12H15FO5/c1-3-18-12(16)11(15)10(14)7-5-4-6-8(17-2)9(7)13/h4-6,10-11,14-15H,3H2,1-2H3. The number of ether oxygens (including phenoxy) is 2. The summed E-state index contributed by atoms with van der Waals surface area (Å²) in [4.78, 5) is 11.2. The van der Waals surface area contributed by atoms with Crippen LogP contribution in [0, 0.1) is 5.82 Å². The largest absolute Gasteiger partial charge is 0.494 e. The predicted octanol–water partition coefficient (Wildman–Crippen LogP) is 0.792. The van der Waals surface area contributed by atoms with Gasteiger partial charge in [-0.25, -0.2) is 9.18 Å². The second kappa shape index (κ2) is 6.32. The van der Waals surface area contributed by atoms with Gasteiger partial charge >= 0.3 is 5.97 Å². The van der Waals surface area contributed by atoms with Gasteiger partial charge in [0.05, 0.1) is 13.7 Å². The minimum absolute atomic E-state index is 0.0587. The summed E-state index contributed by atoms with van der Waals surface area (Å²) in [5.74, 6) is -1.91. The first-order valence-corrected chi connectivity index (χ1v) is 5.38. The third kappa shape index (κ3) is 2.96. The van der Waals surface area contributed by atoms with Crippen LogP contribution in [0.1, 0.15) is 18.6 Å². The number of esters is 1. The Morgan fingerprint density at radius 3 is 2.67 bits per heavy atom. The third-order valence-electron chi connectivity index (χ3n) is 2.36. The normalized spacial score (nSPS) is 13.8. The molecule has 5 nitrogen and oxygen atoms in total. The van der Waals surface area contributed by atoms with Gasteiger partial charge in [-0.15, -0.1) is 0 Å². The molecule has 18 heavy (non-hydrogen) atoms. The maximum Gasteiger partial charge on any atom is 0.338 e. The molecule has 0 radical (unpaired) electrons. The first-order chi connectivity index (χ1) is 8.52. The van der Waals surface area contributed by atoms with Gasteiger partial charge in [-0.3, -0.25) is 0 Å². The van der Waals surface area contributed by atoms with E-state index in [2.05, 4.69) is 4.74 Å². The highest BCUT2D eigenvalue weighted by Gasteiger charge is 2.29. The molecule has 1 aromatic carbocycles. The maximum absolute atomic E-state index is 13.8. The van der Waals surface area contributed by atoms with Crippen LogP contribution >= 0.6 is 0 Å². The number of aliphatic hydroxyl groups is 2. The van der Waals surface area contributed by atoms with Crippen molar-refractivity contribution < 1.29 is 28.9 Å². The second-order valence-electron chi connectivity index (χ2n) is 3.51. The van der Waals surface area contributed by atoms with Crippen LogP contribution in [0.3, 0.4) is 0 Å². The zero-order chi connectivity index (χ0) is 13.7. The molecule has 6 heteroatoms. The van der Waals surface area contributed by atoms with Crippen molar-refractivity contribution in [3.05, 3.63) is 29.6 Å². The summed E-state index contributed by atoms with van der Waals surface area (Å²) in [6.07, 6.45) is -3.55. The molecule has 0 aromatic heterocycles. The number of benzene rings is 1. The van der Waals surface area contributed by atoms with Gasteiger partial charge in [0.1, 0.15) is 6.10 Å². The summed E-state index contributed by atoms with van der Waals surface area (Å²) in [7, 11) is 1.27. The molecule has 0 fully saturated rings. The smallest absolute Gasteiger partial charge is 0.338 e. The highest BCUT2D eigenvalue weighted by molar-refractivity contribution is 5.75. The zero-order valence-electron chi connectivity index (χ0n) is 10.1. The average molecular weight is 258 g/mol. The number of carbonyl (C=O) groups is 1. The molecule has 0 bridgehead atoms. The van der Waals surface area contributed by atoms with Gasteiger partial charge in [0.15, 0.2) is 17.7 Å². The summed E-state index contributed by atoms with van der Waals surface area (Å²) < 4.78 is 23.1. The topological polar surface area (TPSA) is 76.0 Å². The van der Waals surface area contributed by atoms with Crippen LogP contribution in [0.2, 0.25) is 0 Å². The van der Waals surface area contributed by atoms with E-state index < -0.39 is 24.0 Å². The summed E-state index contributed by atoms with van der Waals surface area (Å²) in [6, 6.07) is 4.06. The Morgan fingerprint density at radius 2 is 2.11 bits per heavy atom. The van der Waals surface area contributed by atoms with Crippen molar-refractivity contribution in [1.29, 1.82) is 0 Å². The molecule has 0 aliphatic heterocycles. The van der Waals surface area contributed by atoms with Gasteiger partial charge in [-0.1, -0.05) is 12.1 Å². The van der Waals surface area contributed by atoms with Crippen molar-refractivity contribution in [2.45, 2.75) is 19.1 Å². The van der Waals surface area contributed by atoms with Crippen molar-refractivity contribution in [2.75, 3.05) is 13.7 Å². The van der Waals surface area contributed by atoms with E-state index in [4.69, 9.17) is 4.74 Å². The van der Waals surface area contributed by atoms with Gasteiger partial charge in [-0.05, 0) is 13.0 Å². The fourth-order valence-electron chi connectivity index (χ4n) is 1.44. The number of aliphatic hydroxyl groups excluding tert-OH is 2. The van der Waals surface area contributed by atoms with Crippen molar-refractivity contribution in [2.24, 2.45) is 0 Å². The van der Waals surface area contributed by atoms with E-state index in [0.717, 1.165) is 0 Å². The van der Waals surface area contributed by atoms with Crippen LogP contribution in [-0.2, 0) is 9.53 Å². The lowest BCUT2D eigenvalue weighted by molar-refractivity contribution is -0.159. The Bertz CT molecular complexity index is 421. The molecule has 2 N–H and O–H groups in total. The van der Waals surface area contributed by atoms with Gasteiger partial charge in [0.25, 0.3) is 0 Å². The maximum atomic E-state index is 13.8. The quantitative estimate of drug-likeness (QED) is 0.764. The van der Waals surface area contributed by atoms with Gasteiger partial charge < -0.3 is 19.7 Å². The minimum atomic E-state index is -1.84. The van der Waals surface area contributed by atoms with Gasteiger partial charge in [0.2, 0.25) is 0 Å². The molecule has 2 atom stereocenters. The van der Waals surface area contributed by atoms with Crippen molar-refractivity contribution >= 4 is 5.97 Å². The van der Waals surface area contributed by atoms with Gasteiger partial charge in [0, 0.05) is 5.56 Å². The number of carbonyl (C=O) groups excluding carboxylic acids is 1. The van der Waals surface area contributed by atoms with E-state index in [1.54, 1.807) is 6.92 Å². The van der Waals surface area contributed by atoms with Crippen molar-refractivity contribution in [1.82, 2.24) is 0 Å². The molecular formula is C12H15FO5.